The number of hydrogen-bond donors (Lipinski definition) is 1. The van der Waals surface area contributed by atoms with Gasteiger partial charge in [0.15, 0.2) is 0 Å². The van der Waals surface area contributed by atoms with Crippen LogP contribution in [0.2, 0.25) is 0 Å². The van der Waals surface area contributed by atoms with Gasteiger partial charge in [-0.1, -0.05) is 18.2 Å². The first-order chi connectivity index (χ1) is 8.60. The van der Waals surface area contributed by atoms with E-state index < -0.39 is 0 Å². The summed E-state index contributed by atoms with van der Waals surface area (Å²) in [6.07, 6.45) is 2.33. The molecule has 2 aliphatic heterocycles. The lowest BCUT2D eigenvalue weighted by molar-refractivity contribution is -0.0645. The highest BCUT2D eigenvalue weighted by Gasteiger charge is 2.44. The summed E-state index contributed by atoms with van der Waals surface area (Å²) in [7, 11) is 2.16. The number of benzene rings is 1. The Balaban J connectivity index is 1.89. The van der Waals surface area contributed by atoms with Crippen molar-refractivity contribution in [3.8, 4) is 5.75 Å². The molecule has 1 aromatic carbocycles. The van der Waals surface area contributed by atoms with Crippen LogP contribution in [0.3, 0.4) is 0 Å². The third kappa shape index (κ3) is 1.91. The Bertz CT molecular complexity index is 448. The first-order valence-electron chi connectivity index (χ1n) is 6.76. The SMILES string of the molecule is CC1CC2(CCN1C)CC(O)c1ccccc1O2. The highest BCUT2D eigenvalue weighted by atomic mass is 16.5. The number of aliphatic hydroxyl groups is 1. The second-order valence-electron chi connectivity index (χ2n) is 5.83. The van der Waals surface area contributed by atoms with E-state index in [1.54, 1.807) is 0 Å². The third-order valence-corrected chi connectivity index (χ3v) is 4.51. The Labute approximate surface area is 108 Å². The minimum Gasteiger partial charge on any atom is -0.487 e. The fourth-order valence-corrected chi connectivity index (χ4v) is 3.26. The minimum absolute atomic E-state index is 0.167. The summed E-state index contributed by atoms with van der Waals surface area (Å²) >= 11 is 0. The molecular formula is C15H21NO2. The molecule has 3 nitrogen and oxygen atoms in total. The molecule has 0 radical (unpaired) electrons. The Hall–Kier alpha value is -1.06. The van der Waals surface area contributed by atoms with Crippen LogP contribution in [0.5, 0.6) is 5.75 Å². The molecule has 3 rings (SSSR count). The highest BCUT2D eigenvalue weighted by Crippen LogP contribution is 2.44. The van der Waals surface area contributed by atoms with Crippen molar-refractivity contribution in [2.45, 2.75) is 43.9 Å². The molecule has 0 amide bonds. The van der Waals surface area contributed by atoms with E-state index in [0.29, 0.717) is 6.04 Å². The first kappa shape index (κ1) is 12.0. The van der Waals surface area contributed by atoms with Gasteiger partial charge >= 0.3 is 0 Å². The quantitative estimate of drug-likeness (QED) is 0.764. The lowest BCUT2D eigenvalue weighted by Gasteiger charge is -2.47. The number of rotatable bonds is 0. The highest BCUT2D eigenvalue weighted by molar-refractivity contribution is 5.38. The molecule has 3 atom stereocenters. The number of para-hydroxylation sites is 1. The van der Waals surface area contributed by atoms with E-state index in [0.717, 1.165) is 37.1 Å². The Kier molecular flexibility index (Phi) is 2.83. The lowest BCUT2D eigenvalue weighted by atomic mass is 9.79. The van der Waals surface area contributed by atoms with Gasteiger partial charge in [-0.3, -0.25) is 0 Å². The van der Waals surface area contributed by atoms with Crippen LogP contribution >= 0.6 is 0 Å². The van der Waals surface area contributed by atoms with Crippen molar-refractivity contribution in [2.75, 3.05) is 13.6 Å². The van der Waals surface area contributed by atoms with Crippen molar-refractivity contribution in [3.63, 3.8) is 0 Å². The fraction of sp³-hybridized carbons (Fsp3) is 0.600. The maximum absolute atomic E-state index is 10.3. The van der Waals surface area contributed by atoms with E-state index >= 15 is 0 Å². The molecule has 0 bridgehead atoms. The molecule has 1 N–H and O–H groups in total. The zero-order valence-corrected chi connectivity index (χ0v) is 11.1. The normalized spacial score (nSPS) is 36.2. The summed E-state index contributed by atoms with van der Waals surface area (Å²) in [5.41, 5.74) is 0.773. The number of fused-ring (bicyclic) bond motifs is 1. The topological polar surface area (TPSA) is 32.7 Å². The van der Waals surface area contributed by atoms with E-state index in [4.69, 9.17) is 4.74 Å². The lowest BCUT2D eigenvalue weighted by Crippen LogP contribution is -2.52. The largest absolute Gasteiger partial charge is 0.487 e. The summed E-state index contributed by atoms with van der Waals surface area (Å²) in [6.45, 7) is 3.27. The zero-order valence-electron chi connectivity index (χ0n) is 11.1. The number of nitrogens with zero attached hydrogens (tertiary/aromatic N) is 1. The van der Waals surface area contributed by atoms with Crippen LogP contribution in [-0.4, -0.2) is 35.2 Å². The number of aliphatic hydroxyl groups excluding tert-OH is 1. The van der Waals surface area contributed by atoms with Gasteiger partial charge in [-0.25, -0.2) is 0 Å². The summed E-state index contributed by atoms with van der Waals surface area (Å²) in [6, 6.07) is 8.38. The molecule has 1 spiro atoms. The van der Waals surface area contributed by atoms with Gasteiger partial charge in [-0.2, -0.15) is 0 Å². The summed E-state index contributed by atoms with van der Waals surface area (Å²) in [5.74, 6) is 0.869. The molecule has 3 unspecified atom stereocenters. The monoisotopic (exact) mass is 247 g/mol. The molecular weight excluding hydrogens is 226 g/mol. The van der Waals surface area contributed by atoms with Crippen LogP contribution in [-0.2, 0) is 0 Å². The maximum atomic E-state index is 10.3. The number of piperidine rings is 1. The Morgan fingerprint density at radius 2 is 2.11 bits per heavy atom. The molecule has 1 saturated heterocycles. The zero-order chi connectivity index (χ0) is 12.8. The number of likely N-dealkylation sites (tertiary alicyclic amines) is 1. The van der Waals surface area contributed by atoms with Crippen molar-refractivity contribution in [1.29, 1.82) is 0 Å². The smallest absolute Gasteiger partial charge is 0.125 e. The Morgan fingerprint density at radius 1 is 1.33 bits per heavy atom. The van der Waals surface area contributed by atoms with Crippen molar-refractivity contribution in [1.82, 2.24) is 4.90 Å². The molecule has 98 valence electrons. The number of hydrogen-bond acceptors (Lipinski definition) is 3. The second kappa shape index (κ2) is 4.25. The predicted molar refractivity (Wildman–Crippen MR) is 70.7 cm³/mol. The standard InChI is InChI=1S/C15H21NO2/c1-11-9-15(7-8-16(11)2)10-13(17)12-5-3-4-6-14(12)18-15/h3-6,11,13,17H,7-10H2,1-2H3. The summed E-state index contributed by atoms with van der Waals surface area (Å²) in [5, 5.41) is 10.3. The molecule has 0 saturated carbocycles. The van der Waals surface area contributed by atoms with Gasteiger partial charge in [-0.05, 0) is 26.5 Å². The van der Waals surface area contributed by atoms with Crippen molar-refractivity contribution in [2.24, 2.45) is 0 Å². The maximum Gasteiger partial charge on any atom is 0.125 e. The van der Waals surface area contributed by atoms with Gasteiger partial charge in [0.25, 0.3) is 0 Å². The molecule has 2 heterocycles. The van der Waals surface area contributed by atoms with Crippen LogP contribution in [0.1, 0.15) is 37.9 Å². The van der Waals surface area contributed by atoms with Gasteiger partial charge in [0.2, 0.25) is 0 Å². The molecule has 1 fully saturated rings. The van der Waals surface area contributed by atoms with Gasteiger partial charge in [0.1, 0.15) is 11.4 Å². The first-order valence-corrected chi connectivity index (χ1v) is 6.76. The minimum atomic E-state index is -0.384. The number of ether oxygens (including phenoxy) is 1. The molecule has 18 heavy (non-hydrogen) atoms. The van der Waals surface area contributed by atoms with Crippen LogP contribution in [0.25, 0.3) is 0 Å². The summed E-state index contributed by atoms with van der Waals surface area (Å²) < 4.78 is 6.26. The van der Waals surface area contributed by atoms with Gasteiger partial charge < -0.3 is 14.7 Å². The van der Waals surface area contributed by atoms with Crippen LogP contribution in [0.15, 0.2) is 24.3 Å². The molecule has 3 heteroatoms. The molecule has 1 aromatic rings. The van der Waals surface area contributed by atoms with E-state index in [9.17, 15) is 5.11 Å². The van der Waals surface area contributed by atoms with E-state index in [2.05, 4.69) is 18.9 Å². The predicted octanol–water partition coefficient (Wildman–Crippen LogP) is 2.36. The van der Waals surface area contributed by atoms with E-state index in [1.165, 1.54) is 0 Å². The van der Waals surface area contributed by atoms with Crippen molar-refractivity contribution < 1.29 is 9.84 Å². The molecule has 2 aliphatic rings. The van der Waals surface area contributed by atoms with Gasteiger partial charge in [0, 0.05) is 31.0 Å². The van der Waals surface area contributed by atoms with Crippen LogP contribution in [0, 0.1) is 0 Å². The summed E-state index contributed by atoms with van der Waals surface area (Å²) in [4.78, 5) is 2.36. The van der Waals surface area contributed by atoms with Gasteiger partial charge in [0.05, 0.1) is 6.10 Å². The van der Waals surface area contributed by atoms with Crippen LogP contribution in [0.4, 0.5) is 0 Å². The van der Waals surface area contributed by atoms with Crippen molar-refractivity contribution in [3.05, 3.63) is 29.8 Å². The average molecular weight is 247 g/mol. The van der Waals surface area contributed by atoms with Crippen molar-refractivity contribution >= 4 is 0 Å². The van der Waals surface area contributed by atoms with E-state index in [1.807, 2.05) is 24.3 Å². The second-order valence-corrected chi connectivity index (χ2v) is 5.83. The third-order valence-electron chi connectivity index (χ3n) is 4.51. The van der Waals surface area contributed by atoms with E-state index in [-0.39, 0.29) is 11.7 Å². The molecule has 0 aliphatic carbocycles. The molecule has 0 aromatic heterocycles. The van der Waals surface area contributed by atoms with Gasteiger partial charge in [-0.15, -0.1) is 0 Å². The van der Waals surface area contributed by atoms with Crippen LogP contribution < -0.4 is 4.74 Å². The fourth-order valence-electron chi connectivity index (χ4n) is 3.26. The average Bonchev–Trinajstić information content (AvgIpc) is 2.35. The Morgan fingerprint density at radius 3 is 2.89 bits per heavy atom.